The van der Waals surface area contributed by atoms with Crippen molar-refractivity contribution in [3.05, 3.63) is 23.8 Å². The molecule has 0 radical (unpaired) electrons. The number of carbonyl (C=O) groups excluding carboxylic acids is 4. The van der Waals surface area contributed by atoms with Crippen LogP contribution in [0.15, 0.2) is 18.2 Å². The second-order valence-electron chi connectivity index (χ2n) is 3.85. The summed E-state index contributed by atoms with van der Waals surface area (Å²) in [6.45, 7) is 0. The lowest BCUT2D eigenvalue weighted by atomic mass is 10.1. The van der Waals surface area contributed by atoms with E-state index in [0.29, 0.717) is 5.69 Å². The van der Waals surface area contributed by atoms with E-state index in [2.05, 4.69) is 15.4 Å². The highest BCUT2D eigenvalue weighted by Gasteiger charge is 2.22. The minimum absolute atomic E-state index is 0.0713. The first-order chi connectivity index (χ1) is 9.01. The van der Waals surface area contributed by atoms with E-state index in [0.717, 1.165) is 7.11 Å². The van der Waals surface area contributed by atoms with E-state index in [1.54, 1.807) is 0 Å². The minimum Gasteiger partial charge on any atom is -0.463 e. The number of Topliss-reactive ketones (excluding diaryl/α,β-unsaturated/α-hetero) is 1. The van der Waals surface area contributed by atoms with Crippen molar-refractivity contribution in [1.82, 2.24) is 0 Å². The van der Waals surface area contributed by atoms with E-state index in [1.807, 2.05) is 0 Å². The number of carbonyl (C=O) groups is 4. The van der Waals surface area contributed by atoms with Gasteiger partial charge in [-0.1, -0.05) is 0 Å². The Labute approximate surface area is 107 Å². The average molecular weight is 262 g/mol. The maximum Gasteiger partial charge on any atom is 0.379 e. The van der Waals surface area contributed by atoms with Crippen LogP contribution in [0.4, 0.5) is 11.4 Å². The number of rotatable bonds is 2. The number of fused-ring (bicyclic) bond motifs is 1. The van der Waals surface area contributed by atoms with Crippen molar-refractivity contribution in [3.8, 4) is 0 Å². The minimum atomic E-state index is -0.996. The highest BCUT2D eigenvalue weighted by atomic mass is 16.5. The van der Waals surface area contributed by atoms with E-state index < -0.39 is 23.6 Å². The van der Waals surface area contributed by atoms with Gasteiger partial charge in [0.05, 0.1) is 18.5 Å². The second-order valence-corrected chi connectivity index (χ2v) is 3.85. The third-order valence-corrected chi connectivity index (χ3v) is 2.52. The van der Waals surface area contributed by atoms with Gasteiger partial charge in [-0.3, -0.25) is 14.4 Å². The number of nitrogens with one attached hydrogen (secondary N) is 2. The van der Waals surface area contributed by atoms with E-state index in [-0.39, 0.29) is 17.7 Å². The number of hydrogen-bond acceptors (Lipinski definition) is 5. The normalized spacial score (nSPS) is 13.7. The Bertz CT molecular complexity index is 594. The van der Waals surface area contributed by atoms with Gasteiger partial charge in [-0.2, -0.15) is 0 Å². The molecule has 0 saturated carbocycles. The fourth-order valence-corrected chi connectivity index (χ4v) is 1.64. The second kappa shape index (κ2) is 4.89. The van der Waals surface area contributed by atoms with E-state index in [9.17, 15) is 19.2 Å². The molecule has 1 aliphatic heterocycles. The predicted octanol–water partition coefficient (Wildman–Crippen LogP) is 0.323. The van der Waals surface area contributed by atoms with Gasteiger partial charge >= 0.3 is 5.97 Å². The van der Waals surface area contributed by atoms with Gasteiger partial charge in [0, 0.05) is 5.56 Å². The van der Waals surface area contributed by atoms with Crippen LogP contribution in [0, 0.1) is 0 Å². The number of methoxy groups -OCH3 is 1. The van der Waals surface area contributed by atoms with Crippen LogP contribution in [0.3, 0.4) is 0 Å². The third kappa shape index (κ3) is 2.59. The molecule has 0 atom stereocenters. The van der Waals surface area contributed by atoms with Gasteiger partial charge in [0.1, 0.15) is 6.42 Å². The van der Waals surface area contributed by atoms with Crippen LogP contribution in [0.5, 0.6) is 0 Å². The number of anilines is 2. The molecule has 1 aliphatic rings. The molecule has 19 heavy (non-hydrogen) atoms. The Morgan fingerprint density at radius 2 is 1.74 bits per heavy atom. The van der Waals surface area contributed by atoms with Crippen molar-refractivity contribution < 1.29 is 23.9 Å². The Balaban J connectivity index is 2.38. The highest BCUT2D eigenvalue weighted by molar-refractivity contribution is 6.40. The average Bonchev–Trinajstić information content (AvgIpc) is 2.52. The van der Waals surface area contributed by atoms with Crippen LogP contribution < -0.4 is 10.6 Å². The lowest BCUT2D eigenvalue weighted by Crippen LogP contribution is -2.16. The standard InChI is InChI=1S/C12H10N2O5/c1-19-12(18)11(17)6-2-3-7-8(4-6)14-10(16)5-9(15)13-7/h2-4H,5H2,1H3,(H,13,15)(H,14,16). The summed E-state index contributed by atoms with van der Waals surface area (Å²) in [7, 11) is 1.10. The van der Waals surface area contributed by atoms with Crippen molar-refractivity contribution in [2.75, 3.05) is 17.7 Å². The van der Waals surface area contributed by atoms with Gasteiger partial charge in [-0.05, 0) is 18.2 Å². The molecule has 0 aliphatic carbocycles. The summed E-state index contributed by atoms with van der Waals surface area (Å²) in [6.07, 6.45) is -0.297. The number of amides is 2. The van der Waals surface area contributed by atoms with Gasteiger partial charge < -0.3 is 15.4 Å². The van der Waals surface area contributed by atoms with Crippen molar-refractivity contribution in [2.45, 2.75) is 6.42 Å². The van der Waals surface area contributed by atoms with Crippen molar-refractivity contribution in [2.24, 2.45) is 0 Å². The molecule has 0 bridgehead atoms. The van der Waals surface area contributed by atoms with Gasteiger partial charge in [-0.15, -0.1) is 0 Å². The fourth-order valence-electron chi connectivity index (χ4n) is 1.64. The zero-order chi connectivity index (χ0) is 14.0. The van der Waals surface area contributed by atoms with Crippen molar-refractivity contribution in [3.63, 3.8) is 0 Å². The van der Waals surface area contributed by atoms with Crippen LogP contribution in [0.1, 0.15) is 16.8 Å². The van der Waals surface area contributed by atoms with Crippen LogP contribution in [0.25, 0.3) is 0 Å². The molecule has 2 amide bonds. The Morgan fingerprint density at radius 1 is 1.11 bits per heavy atom. The van der Waals surface area contributed by atoms with Gasteiger partial charge in [0.25, 0.3) is 5.78 Å². The van der Waals surface area contributed by atoms with Gasteiger partial charge in [0.15, 0.2) is 0 Å². The highest BCUT2D eigenvalue weighted by Crippen LogP contribution is 2.26. The summed E-state index contributed by atoms with van der Waals surface area (Å²) in [5.41, 5.74) is 0.713. The summed E-state index contributed by atoms with van der Waals surface area (Å²) >= 11 is 0. The molecule has 98 valence electrons. The maximum atomic E-state index is 11.6. The monoisotopic (exact) mass is 262 g/mol. The zero-order valence-electron chi connectivity index (χ0n) is 9.98. The van der Waals surface area contributed by atoms with Crippen LogP contribution in [-0.2, 0) is 19.1 Å². The molecule has 0 aromatic heterocycles. The predicted molar refractivity (Wildman–Crippen MR) is 64.7 cm³/mol. The van der Waals surface area contributed by atoms with Crippen LogP contribution in [-0.4, -0.2) is 30.7 Å². The number of esters is 1. The largest absolute Gasteiger partial charge is 0.463 e. The zero-order valence-corrected chi connectivity index (χ0v) is 9.98. The molecule has 0 spiro atoms. The van der Waals surface area contributed by atoms with Crippen LogP contribution in [0.2, 0.25) is 0 Å². The number of ketones is 1. The fraction of sp³-hybridized carbons (Fsp3) is 0.167. The maximum absolute atomic E-state index is 11.6. The van der Waals surface area contributed by atoms with Crippen molar-refractivity contribution in [1.29, 1.82) is 0 Å². The van der Waals surface area contributed by atoms with Crippen LogP contribution >= 0.6 is 0 Å². The van der Waals surface area contributed by atoms with Gasteiger partial charge in [0.2, 0.25) is 11.8 Å². The molecule has 1 aromatic rings. The first-order valence-corrected chi connectivity index (χ1v) is 5.37. The molecule has 2 N–H and O–H groups in total. The van der Waals surface area contributed by atoms with Crippen molar-refractivity contribution >= 4 is 34.9 Å². The topological polar surface area (TPSA) is 102 Å². The molecule has 0 saturated heterocycles. The summed E-state index contributed by atoms with van der Waals surface area (Å²) in [4.78, 5) is 45.4. The molecular weight excluding hydrogens is 252 g/mol. The lowest BCUT2D eigenvalue weighted by molar-refractivity contribution is -0.135. The van der Waals surface area contributed by atoms with E-state index in [1.165, 1.54) is 18.2 Å². The number of hydrogen-bond donors (Lipinski definition) is 2. The molecule has 2 rings (SSSR count). The lowest BCUT2D eigenvalue weighted by Gasteiger charge is -2.08. The SMILES string of the molecule is COC(=O)C(=O)c1ccc2c(c1)NC(=O)CC(=O)N2. The van der Waals surface area contributed by atoms with E-state index >= 15 is 0 Å². The van der Waals surface area contributed by atoms with Gasteiger partial charge in [-0.25, -0.2) is 4.79 Å². The third-order valence-electron chi connectivity index (χ3n) is 2.52. The number of ether oxygens (including phenoxy) is 1. The quantitative estimate of drug-likeness (QED) is 0.346. The number of benzene rings is 1. The Hall–Kier alpha value is -2.70. The molecule has 0 fully saturated rings. The molecule has 1 aromatic carbocycles. The Morgan fingerprint density at radius 3 is 2.37 bits per heavy atom. The summed E-state index contributed by atoms with van der Waals surface area (Å²) in [5.74, 6) is -2.75. The summed E-state index contributed by atoms with van der Waals surface area (Å²) in [5, 5.41) is 4.99. The molecule has 7 nitrogen and oxygen atoms in total. The first-order valence-electron chi connectivity index (χ1n) is 5.37. The van der Waals surface area contributed by atoms with E-state index in [4.69, 9.17) is 0 Å². The molecular formula is C12H10N2O5. The Kier molecular flexibility index (Phi) is 3.28. The molecule has 0 unspecified atom stereocenters. The smallest absolute Gasteiger partial charge is 0.379 e. The first kappa shape index (κ1) is 12.7. The molecule has 1 heterocycles. The summed E-state index contributed by atoms with van der Waals surface area (Å²) < 4.78 is 4.33. The summed E-state index contributed by atoms with van der Waals surface area (Å²) in [6, 6.07) is 4.13. The molecule has 7 heteroatoms.